The third-order valence-corrected chi connectivity index (χ3v) is 5.39. The summed E-state index contributed by atoms with van der Waals surface area (Å²) in [5.74, 6) is -1.63. The Morgan fingerprint density at radius 2 is 1.68 bits per heavy atom. The minimum Gasteiger partial charge on any atom is -0.480 e. The summed E-state index contributed by atoms with van der Waals surface area (Å²) >= 11 is 0. The molecule has 0 fully saturated rings. The highest BCUT2D eigenvalue weighted by molar-refractivity contribution is 5.94. The van der Waals surface area contributed by atoms with Crippen LogP contribution in [0.2, 0.25) is 0 Å². The summed E-state index contributed by atoms with van der Waals surface area (Å²) in [5, 5.41) is 17.4. The van der Waals surface area contributed by atoms with Gasteiger partial charge in [-0.25, -0.2) is 9.59 Å². The number of nitrogens with zero attached hydrogens (tertiary/aromatic N) is 1. The molecular formula is C24H23N3O7. The number of hydrogen-bond acceptors (Lipinski definition) is 7. The number of ether oxygens (including phenoxy) is 2. The first-order valence-electron chi connectivity index (χ1n) is 10.6. The van der Waals surface area contributed by atoms with Crippen LogP contribution in [0.1, 0.15) is 33.1 Å². The Morgan fingerprint density at radius 1 is 1.00 bits per heavy atom. The number of carboxylic acids is 1. The largest absolute Gasteiger partial charge is 0.480 e. The van der Waals surface area contributed by atoms with Crippen molar-refractivity contribution in [1.29, 1.82) is 0 Å². The molecule has 1 heterocycles. The summed E-state index contributed by atoms with van der Waals surface area (Å²) in [5.41, 5.74) is 4.88. The first-order chi connectivity index (χ1) is 16.5. The van der Waals surface area contributed by atoms with Crippen molar-refractivity contribution in [2.24, 2.45) is 0 Å². The van der Waals surface area contributed by atoms with Crippen molar-refractivity contribution >= 4 is 18.0 Å². The Bertz CT molecular complexity index is 1150. The van der Waals surface area contributed by atoms with E-state index in [1.807, 2.05) is 36.4 Å². The van der Waals surface area contributed by atoms with E-state index in [9.17, 15) is 14.4 Å². The zero-order valence-electron chi connectivity index (χ0n) is 18.2. The van der Waals surface area contributed by atoms with Gasteiger partial charge in [-0.15, -0.1) is 0 Å². The van der Waals surface area contributed by atoms with Crippen LogP contribution in [-0.4, -0.2) is 54.6 Å². The number of nitrogens with one attached hydrogen (secondary N) is 2. The molecular weight excluding hydrogens is 442 g/mol. The third-order valence-electron chi connectivity index (χ3n) is 5.39. The lowest BCUT2D eigenvalue weighted by Gasteiger charge is -2.14. The van der Waals surface area contributed by atoms with Crippen LogP contribution in [0.4, 0.5) is 4.79 Å². The fraction of sp³-hybridized carbons (Fsp3) is 0.250. The summed E-state index contributed by atoms with van der Waals surface area (Å²) < 4.78 is 15.2. The fourth-order valence-electron chi connectivity index (χ4n) is 3.87. The van der Waals surface area contributed by atoms with Crippen molar-refractivity contribution in [3.8, 4) is 11.1 Å². The van der Waals surface area contributed by atoms with E-state index in [-0.39, 0.29) is 43.5 Å². The maximum absolute atomic E-state index is 12.3. The molecule has 2 aromatic carbocycles. The maximum atomic E-state index is 12.3. The van der Waals surface area contributed by atoms with E-state index < -0.39 is 24.6 Å². The molecule has 2 amide bonds. The second-order valence-electron chi connectivity index (χ2n) is 7.56. The van der Waals surface area contributed by atoms with E-state index in [1.54, 1.807) is 0 Å². The highest BCUT2D eigenvalue weighted by Gasteiger charge is 2.29. The molecule has 0 atom stereocenters. The summed E-state index contributed by atoms with van der Waals surface area (Å²) in [6.45, 7) is -0.195. The highest BCUT2D eigenvalue weighted by atomic mass is 16.5. The number of hydrogen-bond donors (Lipinski definition) is 3. The Labute approximate surface area is 194 Å². The summed E-state index contributed by atoms with van der Waals surface area (Å²) in [7, 11) is 0. The number of amides is 2. The van der Waals surface area contributed by atoms with Gasteiger partial charge in [0.2, 0.25) is 0 Å². The molecule has 1 aliphatic carbocycles. The Balaban J connectivity index is 1.28. The predicted molar refractivity (Wildman–Crippen MR) is 119 cm³/mol. The zero-order valence-corrected chi connectivity index (χ0v) is 18.2. The van der Waals surface area contributed by atoms with Crippen LogP contribution in [0.15, 0.2) is 59.3 Å². The second-order valence-corrected chi connectivity index (χ2v) is 7.56. The van der Waals surface area contributed by atoms with Crippen LogP contribution in [0.25, 0.3) is 11.1 Å². The molecule has 10 nitrogen and oxygen atoms in total. The molecule has 0 unspecified atom stereocenters. The molecule has 176 valence electrons. The highest BCUT2D eigenvalue weighted by Crippen LogP contribution is 2.44. The lowest BCUT2D eigenvalue weighted by molar-refractivity contribution is -0.142. The lowest BCUT2D eigenvalue weighted by atomic mass is 9.98. The minimum atomic E-state index is -1.09. The van der Waals surface area contributed by atoms with Crippen molar-refractivity contribution in [3.63, 3.8) is 0 Å². The van der Waals surface area contributed by atoms with Crippen LogP contribution < -0.4 is 10.6 Å². The Morgan fingerprint density at radius 3 is 2.35 bits per heavy atom. The molecule has 10 heteroatoms. The van der Waals surface area contributed by atoms with Gasteiger partial charge in [-0.3, -0.25) is 4.79 Å². The maximum Gasteiger partial charge on any atom is 0.407 e. The Kier molecular flexibility index (Phi) is 7.19. The number of rotatable bonds is 10. The van der Waals surface area contributed by atoms with Gasteiger partial charge in [0, 0.05) is 12.5 Å². The van der Waals surface area contributed by atoms with Gasteiger partial charge in [-0.05, 0) is 22.3 Å². The van der Waals surface area contributed by atoms with Gasteiger partial charge in [-0.1, -0.05) is 53.7 Å². The Hall–Kier alpha value is -4.18. The summed E-state index contributed by atoms with van der Waals surface area (Å²) in [6.07, 6.45) is 0.528. The lowest BCUT2D eigenvalue weighted by Crippen LogP contribution is -2.30. The first kappa shape index (κ1) is 23.0. The van der Waals surface area contributed by atoms with Crippen molar-refractivity contribution in [1.82, 2.24) is 15.8 Å². The summed E-state index contributed by atoms with van der Waals surface area (Å²) in [6, 6.07) is 16.1. The van der Waals surface area contributed by atoms with Gasteiger partial charge in [0.15, 0.2) is 0 Å². The number of carbonyl (C=O) groups excluding carboxylic acids is 2. The molecule has 34 heavy (non-hydrogen) atoms. The molecule has 0 saturated heterocycles. The van der Waals surface area contributed by atoms with Crippen LogP contribution in [0.5, 0.6) is 0 Å². The van der Waals surface area contributed by atoms with Crippen molar-refractivity contribution in [2.75, 3.05) is 26.4 Å². The number of aromatic nitrogens is 1. The van der Waals surface area contributed by atoms with E-state index in [0.29, 0.717) is 0 Å². The molecule has 3 N–H and O–H groups in total. The van der Waals surface area contributed by atoms with E-state index in [0.717, 1.165) is 22.3 Å². The average Bonchev–Trinajstić information content (AvgIpc) is 3.44. The molecule has 0 aliphatic heterocycles. The number of carbonyl (C=O) groups is 3. The fourth-order valence-corrected chi connectivity index (χ4v) is 3.87. The van der Waals surface area contributed by atoms with Gasteiger partial charge in [0.1, 0.15) is 30.7 Å². The molecule has 1 aromatic heterocycles. The van der Waals surface area contributed by atoms with Gasteiger partial charge in [-0.2, -0.15) is 0 Å². The number of carboxylic acid groups (broad SMARTS) is 1. The molecule has 0 radical (unpaired) electrons. The quantitative estimate of drug-likeness (QED) is 0.388. The van der Waals surface area contributed by atoms with Crippen LogP contribution in [0, 0.1) is 0 Å². The topological polar surface area (TPSA) is 140 Å². The number of aliphatic carboxylic acids is 1. The predicted octanol–water partition coefficient (Wildman–Crippen LogP) is 2.54. The van der Waals surface area contributed by atoms with E-state index in [4.69, 9.17) is 19.1 Å². The molecule has 1 aliphatic rings. The zero-order chi connectivity index (χ0) is 23.9. The van der Waals surface area contributed by atoms with Gasteiger partial charge < -0.3 is 29.7 Å². The molecule has 4 rings (SSSR count). The SMILES string of the molecule is O=C(O)COCCNC(=O)c1conc1CNC(=O)OCC1c2ccccc2-c2ccccc21. The number of alkyl carbamates (subject to hydrolysis) is 1. The van der Waals surface area contributed by atoms with E-state index >= 15 is 0 Å². The second kappa shape index (κ2) is 10.6. The van der Waals surface area contributed by atoms with Crippen LogP contribution in [-0.2, 0) is 20.8 Å². The molecule has 0 spiro atoms. The van der Waals surface area contributed by atoms with Crippen LogP contribution in [0.3, 0.4) is 0 Å². The van der Waals surface area contributed by atoms with E-state index in [2.05, 4.69) is 27.9 Å². The van der Waals surface area contributed by atoms with Crippen LogP contribution >= 0.6 is 0 Å². The minimum absolute atomic E-state index is 0.0383. The third kappa shape index (κ3) is 5.24. The molecule has 3 aromatic rings. The van der Waals surface area contributed by atoms with Gasteiger partial charge in [0.25, 0.3) is 5.91 Å². The van der Waals surface area contributed by atoms with Crippen molar-refractivity contribution < 1.29 is 33.5 Å². The van der Waals surface area contributed by atoms with E-state index in [1.165, 1.54) is 6.26 Å². The summed E-state index contributed by atoms with van der Waals surface area (Å²) in [4.78, 5) is 35.0. The first-order valence-corrected chi connectivity index (χ1v) is 10.6. The van der Waals surface area contributed by atoms with Crippen molar-refractivity contribution in [3.05, 3.63) is 77.2 Å². The van der Waals surface area contributed by atoms with Gasteiger partial charge in [0.05, 0.1) is 13.2 Å². The van der Waals surface area contributed by atoms with Gasteiger partial charge >= 0.3 is 12.1 Å². The molecule has 0 saturated carbocycles. The average molecular weight is 465 g/mol. The number of fused-ring (bicyclic) bond motifs is 3. The monoisotopic (exact) mass is 465 g/mol. The normalized spacial score (nSPS) is 12.0. The smallest absolute Gasteiger partial charge is 0.407 e. The van der Waals surface area contributed by atoms with Crippen molar-refractivity contribution in [2.45, 2.75) is 12.5 Å². The number of benzene rings is 2. The molecule has 0 bridgehead atoms. The standard InChI is InChI=1S/C24H23N3O7/c28-22(29)14-32-10-9-25-23(30)20-13-34-27-21(20)11-26-24(31)33-12-19-17-7-3-1-5-15(17)16-6-2-4-8-18(16)19/h1-8,13,19H,9-12,14H2,(H,25,30)(H,26,31)(H,28,29).